The highest BCUT2D eigenvalue weighted by molar-refractivity contribution is 6.14. The topological polar surface area (TPSA) is 39.8 Å². The second-order valence-electron chi connectivity index (χ2n) is 9.33. The van der Waals surface area contributed by atoms with Gasteiger partial charge >= 0.3 is 0 Å². The maximum Gasteiger partial charge on any atom is 0.188 e. The third kappa shape index (κ3) is 3.87. The lowest BCUT2D eigenvalue weighted by atomic mass is 9.76. The highest BCUT2D eigenvalue weighted by Crippen LogP contribution is 2.41. The van der Waals surface area contributed by atoms with Crippen LogP contribution >= 0.6 is 0 Å². The van der Waals surface area contributed by atoms with E-state index >= 15 is 0 Å². The molecule has 6 aromatic rings. The summed E-state index contributed by atoms with van der Waals surface area (Å²) in [6.07, 6.45) is 9.15. The third-order valence-corrected chi connectivity index (χ3v) is 7.15. The first kappa shape index (κ1) is 23.4. The second-order valence-corrected chi connectivity index (χ2v) is 9.33. The number of benzene rings is 4. The van der Waals surface area contributed by atoms with E-state index < -0.39 is 5.54 Å². The SMILES string of the molecule is Cn1cc(C(=O)C=Cc2nccn2C(c2ccccc2)(c2ccccc2)c2ccccc2)c2ccccc21. The summed E-state index contributed by atoms with van der Waals surface area (Å²) in [6, 6.07) is 39.3. The number of para-hydroxylation sites is 1. The van der Waals surface area contributed by atoms with Crippen molar-refractivity contribution in [1.29, 1.82) is 0 Å². The molecule has 4 aromatic carbocycles. The summed E-state index contributed by atoms with van der Waals surface area (Å²) in [5, 5.41) is 0.945. The number of fused-ring (bicyclic) bond motifs is 1. The summed E-state index contributed by atoms with van der Waals surface area (Å²) in [5.74, 6) is 0.635. The fourth-order valence-electron chi connectivity index (χ4n) is 5.46. The molecule has 4 nitrogen and oxygen atoms in total. The van der Waals surface area contributed by atoms with Crippen LogP contribution in [0.2, 0.25) is 0 Å². The number of rotatable bonds is 7. The van der Waals surface area contributed by atoms with Crippen LogP contribution in [0.4, 0.5) is 0 Å². The van der Waals surface area contributed by atoms with Gasteiger partial charge in [-0.3, -0.25) is 4.79 Å². The van der Waals surface area contributed by atoms with Gasteiger partial charge in [-0.2, -0.15) is 0 Å². The number of imidazole rings is 1. The van der Waals surface area contributed by atoms with Crippen LogP contribution in [0.25, 0.3) is 17.0 Å². The quantitative estimate of drug-likeness (QED) is 0.135. The number of hydrogen-bond acceptors (Lipinski definition) is 2. The molecule has 0 saturated carbocycles. The van der Waals surface area contributed by atoms with Crippen LogP contribution in [0.3, 0.4) is 0 Å². The summed E-state index contributed by atoms with van der Waals surface area (Å²) < 4.78 is 4.16. The number of hydrogen-bond donors (Lipinski definition) is 0. The van der Waals surface area contributed by atoms with Crippen molar-refractivity contribution in [2.45, 2.75) is 5.54 Å². The van der Waals surface area contributed by atoms with Gasteiger partial charge in [0.05, 0.1) is 0 Å². The van der Waals surface area contributed by atoms with Crippen LogP contribution in [-0.2, 0) is 12.6 Å². The molecule has 0 bridgehead atoms. The van der Waals surface area contributed by atoms with E-state index in [4.69, 9.17) is 4.98 Å². The minimum atomic E-state index is -0.692. The Morgan fingerprint density at radius 3 is 1.84 bits per heavy atom. The van der Waals surface area contributed by atoms with E-state index in [0.717, 1.165) is 27.6 Å². The lowest BCUT2D eigenvalue weighted by Crippen LogP contribution is -2.38. The molecule has 38 heavy (non-hydrogen) atoms. The molecule has 6 rings (SSSR count). The number of allylic oxidation sites excluding steroid dienone is 1. The number of aryl methyl sites for hydroxylation is 1. The third-order valence-electron chi connectivity index (χ3n) is 7.15. The van der Waals surface area contributed by atoms with Crippen LogP contribution in [0.1, 0.15) is 32.9 Å². The van der Waals surface area contributed by atoms with E-state index in [9.17, 15) is 4.79 Å². The highest BCUT2D eigenvalue weighted by Gasteiger charge is 2.39. The minimum absolute atomic E-state index is 0.0546. The van der Waals surface area contributed by atoms with Crippen molar-refractivity contribution in [3.8, 4) is 0 Å². The maximum absolute atomic E-state index is 13.4. The summed E-state index contributed by atoms with van der Waals surface area (Å²) in [7, 11) is 1.96. The predicted octanol–water partition coefficient (Wildman–Crippen LogP) is 7.11. The molecule has 0 fully saturated rings. The Kier molecular flexibility index (Phi) is 6.06. The van der Waals surface area contributed by atoms with Crippen molar-refractivity contribution in [1.82, 2.24) is 14.1 Å². The zero-order chi connectivity index (χ0) is 26.0. The number of aromatic nitrogens is 3. The molecule has 0 unspecified atom stereocenters. The van der Waals surface area contributed by atoms with Crippen LogP contribution in [0, 0.1) is 0 Å². The molecule has 0 aliphatic carbocycles. The Morgan fingerprint density at radius 2 is 1.26 bits per heavy atom. The van der Waals surface area contributed by atoms with E-state index in [1.54, 1.807) is 12.3 Å². The normalized spacial score (nSPS) is 11.8. The Balaban J connectivity index is 1.53. The van der Waals surface area contributed by atoms with Crippen molar-refractivity contribution in [3.63, 3.8) is 0 Å². The molecule has 0 aliphatic heterocycles. The van der Waals surface area contributed by atoms with Crippen molar-refractivity contribution in [2.75, 3.05) is 0 Å². The standard InChI is InChI=1S/C34H27N3O/c1-36-25-30(29-19-11-12-20-31(29)36)32(38)21-22-33-35-23-24-37(33)34(26-13-5-2-6-14-26,27-15-7-3-8-16-27)28-17-9-4-10-18-28/h2-25H,1H3. The number of carbonyl (C=O) groups excluding carboxylic acids is 1. The molecular formula is C34H27N3O. The molecule has 0 atom stereocenters. The van der Waals surface area contributed by atoms with Crippen molar-refractivity contribution >= 4 is 22.8 Å². The summed E-state index contributed by atoms with van der Waals surface area (Å²) in [6.45, 7) is 0. The van der Waals surface area contributed by atoms with Crippen LogP contribution in [0.15, 0.2) is 140 Å². The lowest BCUT2D eigenvalue weighted by molar-refractivity contribution is 0.104. The lowest BCUT2D eigenvalue weighted by Gasteiger charge is -2.38. The Bertz CT molecular complexity index is 1630. The molecule has 2 aromatic heterocycles. The molecular weight excluding hydrogens is 466 g/mol. The van der Waals surface area contributed by atoms with Crippen molar-refractivity contribution in [3.05, 3.63) is 168 Å². The van der Waals surface area contributed by atoms with Gasteiger partial charge < -0.3 is 9.13 Å². The summed E-state index contributed by atoms with van der Waals surface area (Å²) in [4.78, 5) is 18.1. The van der Waals surface area contributed by atoms with Gasteiger partial charge in [0.15, 0.2) is 5.78 Å². The monoisotopic (exact) mass is 493 g/mol. The molecule has 184 valence electrons. The van der Waals surface area contributed by atoms with Crippen LogP contribution < -0.4 is 0 Å². The summed E-state index contributed by atoms with van der Waals surface area (Å²) >= 11 is 0. The summed E-state index contributed by atoms with van der Waals surface area (Å²) in [5.41, 5.74) is 4.32. The molecule has 0 amide bonds. The Hall–Kier alpha value is -4.96. The Morgan fingerprint density at radius 1 is 0.737 bits per heavy atom. The molecule has 0 radical (unpaired) electrons. The second kappa shape index (κ2) is 9.83. The first-order valence-corrected chi connectivity index (χ1v) is 12.7. The van der Waals surface area contributed by atoms with Crippen LogP contribution in [0.5, 0.6) is 0 Å². The Labute approximate surface area is 222 Å². The van der Waals surface area contributed by atoms with Gasteiger partial charge in [-0.1, -0.05) is 109 Å². The van der Waals surface area contributed by atoms with Crippen molar-refractivity contribution < 1.29 is 4.79 Å². The molecule has 0 saturated heterocycles. The fraction of sp³-hybridized carbons (Fsp3) is 0.0588. The van der Waals surface area contributed by atoms with Gasteiger partial charge in [0.25, 0.3) is 0 Å². The van der Waals surface area contributed by atoms with E-state index in [0.29, 0.717) is 11.4 Å². The first-order chi connectivity index (χ1) is 18.7. The maximum atomic E-state index is 13.4. The largest absolute Gasteiger partial charge is 0.350 e. The first-order valence-electron chi connectivity index (χ1n) is 12.7. The van der Waals surface area contributed by atoms with Gasteiger partial charge in [0.1, 0.15) is 11.4 Å². The number of ketones is 1. The smallest absolute Gasteiger partial charge is 0.188 e. The van der Waals surface area contributed by atoms with E-state index in [1.807, 2.05) is 72.5 Å². The molecule has 2 heterocycles. The van der Waals surface area contributed by atoms with Gasteiger partial charge in [-0.15, -0.1) is 0 Å². The number of nitrogens with zero attached hydrogens (tertiary/aromatic N) is 3. The van der Waals surface area contributed by atoms with Crippen molar-refractivity contribution in [2.24, 2.45) is 7.05 Å². The van der Waals surface area contributed by atoms with Gasteiger partial charge in [-0.25, -0.2) is 4.98 Å². The molecule has 4 heteroatoms. The van der Waals surface area contributed by atoms with E-state index in [2.05, 4.69) is 77.4 Å². The van der Waals surface area contributed by atoms with Gasteiger partial charge in [0, 0.05) is 42.1 Å². The predicted molar refractivity (Wildman–Crippen MR) is 153 cm³/mol. The molecule has 0 spiro atoms. The van der Waals surface area contributed by atoms with Crippen LogP contribution in [-0.4, -0.2) is 19.9 Å². The highest BCUT2D eigenvalue weighted by atomic mass is 16.1. The zero-order valence-corrected chi connectivity index (χ0v) is 21.1. The van der Waals surface area contributed by atoms with E-state index in [1.165, 1.54) is 0 Å². The number of carbonyl (C=O) groups is 1. The van der Waals surface area contributed by atoms with Gasteiger partial charge in [-0.05, 0) is 34.9 Å². The average Bonchev–Trinajstić information content (AvgIpc) is 3.59. The van der Waals surface area contributed by atoms with Gasteiger partial charge in [0.2, 0.25) is 0 Å². The molecule has 0 aliphatic rings. The van der Waals surface area contributed by atoms with E-state index in [-0.39, 0.29) is 5.78 Å². The fourth-order valence-corrected chi connectivity index (χ4v) is 5.46. The average molecular weight is 494 g/mol. The zero-order valence-electron chi connectivity index (χ0n) is 21.1. The molecule has 0 N–H and O–H groups in total. The minimum Gasteiger partial charge on any atom is -0.350 e.